The molecule has 0 aliphatic rings. The maximum absolute atomic E-state index is 15.2. The van der Waals surface area contributed by atoms with E-state index in [1.807, 2.05) is 0 Å². The molecule has 10 heteroatoms. The normalized spacial score (nSPS) is 11.6. The minimum absolute atomic E-state index is 0.0570. The average molecular weight is 444 g/mol. The number of hydrogen-bond acceptors (Lipinski definition) is 5. The Hall–Kier alpha value is -3.66. The van der Waals surface area contributed by atoms with Crippen LogP contribution in [-0.4, -0.2) is 18.4 Å². The molecule has 1 heterocycles. The summed E-state index contributed by atoms with van der Waals surface area (Å²) in [4.78, 5) is 7.49. The lowest BCUT2D eigenvalue weighted by Gasteiger charge is -2.13. The van der Waals surface area contributed by atoms with Gasteiger partial charge in [0.2, 0.25) is 5.95 Å². The van der Waals surface area contributed by atoms with Crippen LogP contribution in [0.3, 0.4) is 0 Å². The Balaban J connectivity index is 1.77. The Bertz CT molecular complexity index is 1440. The lowest BCUT2D eigenvalue weighted by Crippen LogP contribution is -2.15. The van der Waals surface area contributed by atoms with E-state index in [-0.39, 0.29) is 22.0 Å². The van der Waals surface area contributed by atoms with Crippen LogP contribution >= 0.6 is 0 Å². The molecule has 158 valence electrons. The van der Waals surface area contributed by atoms with E-state index in [2.05, 4.69) is 14.7 Å². The van der Waals surface area contributed by atoms with E-state index in [0.29, 0.717) is 10.9 Å². The van der Waals surface area contributed by atoms with Crippen LogP contribution in [0, 0.1) is 24.4 Å². The van der Waals surface area contributed by atoms with E-state index in [0.717, 1.165) is 18.2 Å². The van der Waals surface area contributed by atoms with Crippen LogP contribution in [0.4, 0.5) is 24.8 Å². The molecule has 31 heavy (non-hydrogen) atoms. The Morgan fingerprint density at radius 1 is 0.968 bits per heavy atom. The Kier molecular flexibility index (Phi) is 5.02. The molecular weight excluding hydrogens is 429 g/mol. The van der Waals surface area contributed by atoms with Crippen molar-refractivity contribution in [3.05, 3.63) is 77.7 Å². The summed E-state index contributed by atoms with van der Waals surface area (Å²) in [6, 6.07) is 9.63. The molecule has 0 radical (unpaired) electrons. The van der Waals surface area contributed by atoms with Gasteiger partial charge in [-0.15, -0.1) is 0 Å². The molecule has 0 aliphatic carbocycles. The molecule has 1 aromatic heterocycles. The average Bonchev–Trinajstić information content (AvgIpc) is 2.72. The largest absolute Gasteiger partial charge is 0.368 e. The van der Waals surface area contributed by atoms with Gasteiger partial charge in [-0.3, -0.25) is 4.72 Å². The number of anilines is 2. The molecule has 0 amide bonds. The lowest BCUT2D eigenvalue weighted by atomic mass is 10.0. The minimum atomic E-state index is -4.31. The number of benzene rings is 3. The highest BCUT2D eigenvalue weighted by atomic mass is 32.2. The fourth-order valence-corrected chi connectivity index (χ4v) is 4.11. The summed E-state index contributed by atoms with van der Waals surface area (Å²) in [5.41, 5.74) is 5.51. The summed E-state index contributed by atoms with van der Waals surface area (Å²) in [6.07, 6.45) is 1.41. The topological polar surface area (TPSA) is 98.0 Å². The van der Waals surface area contributed by atoms with Gasteiger partial charge in [0.05, 0.1) is 21.7 Å². The van der Waals surface area contributed by atoms with Crippen LogP contribution in [0.1, 0.15) is 5.56 Å². The van der Waals surface area contributed by atoms with Crippen molar-refractivity contribution in [1.29, 1.82) is 0 Å². The highest BCUT2D eigenvalue weighted by molar-refractivity contribution is 7.92. The summed E-state index contributed by atoms with van der Waals surface area (Å²) in [6.45, 7) is 1.48. The molecule has 0 atom stereocenters. The highest BCUT2D eigenvalue weighted by Crippen LogP contribution is 2.33. The van der Waals surface area contributed by atoms with E-state index in [1.54, 1.807) is 0 Å². The maximum atomic E-state index is 15.2. The number of hydrogen-bond donors (Lipinski definition) is 2. The van der Waals surface area contributed by atoms with E-state index >= 15 is 4.39 Å². The molecule has 0 spiro atoms. The molecule has 3 aromatic carbocycles. The van der Waals surface area contributed by atoms with Gasteiger partial charge in [-0.05, 0) is 54.4 Å². The SMILES string of the molecule is Cc1ccc(S(=O)(=O)Nc2ccc(F)c(-c3ccc4nc(N)ncc4c3)c2F)cc1F. The quantitative estimate of drug-likeness (QED) is 0.486. The molecular formula is C21H15F3N4O2S. The second-order valence-electron chi connectivity index (χ2n) is 6.80. The van der Waals surface area contributed by atoms with Gasteiger partial charge in [0, 0.05) is 11.6 Å². The number of nitrogens with one attached hydrogen (secondary N) is 1. The highest BCUT2D eigenvalue weighted by Gasteiger charge is 2.22. The fraction of sp³-hybridized carbons (Fsp3) is 0.0476. The predicted molar refractivity (Wildman–Crippen MR) is 111 cm³/mol. The van der Waals surface area contributed by atoms with Crippen molar-refractivity contribution in [2.75, 3.05) is 10.5 Å². The zero-order valence-electron chi connectivity index (χ0n) is 16.0. The number of nitrogens with two attached hydrogens (primary N) is 1. The van der Waals surface area contributed by atoms with E-state index in [1.165, 1.54) is 43.5 Å². The van der Waals surface area contributed by atoms with E-state index in [9.17, 15) is 17.2 Å². The summed E-state index contributed by atoms with van der Waals surface area (Å²) in [7, 11) is -4.31. The third-order valence-corrected chi connectivity index (χ3v) is 6.04. The third kappa shape index (κ3) is 3.89. The van der Waals surface area contributed by atoms with Crippen LogP contribution in [0.15, 0.2) is 59.6 Å². The van der Waals surface area contributed by atoms with Gasteiger partial charge in [-0.2, -0.15) is 0 Å². The van der Waals surface area contributed by atoms with Crippen molar-refractivity contribution in [2.24, 2.45) is 0 Å². The first-order valence-electron chi connectivity index (χ1n) is 8.95. The molecule has 0 saturated carbocycles. The van der Waals surface area contributed by atoms with Gasteiger partial charge < -0.3 is 5.73 Å². The molecule has 6 nitrogen and oxygen atoms in total. The second-order valence-corrected chi connectivity index (χ2v) is 8.48. The number of nitrogen functional groups attached to an aromatic ring is 1. The first-order chi connectivity index (χ1) is 14.7. The van der Waals surface area contributed by atoms with Gasteiger partial charge in [0.1, 0.15) is 11.6 Å². The fourth-order valence-electron chi connectivity index (χ4n) is 3.04. The van der Waals surface area contributed by atoms with Crippen LogP contribution in [0.25, 0.3) is 22.0 Å². The van der Waals surface area contributed by atoms with Crippen molar-refractivity contribution in [3.8, 4) is 11.1 Å². The summed E-state index contributed by atoms with van der Waals surface area (Å²) < 4.78 is 70.7. The summed E-state index contributed by atoms with van der Waals surface area (Å²) in [5.74, 6) is -2.67. The lowest BCUT2D eigenvalue weighted by molar-refractivity contribution is 0.585. The Morgan fingerprint density at radius 2 is 1.74 bits per heavy atom. The summed E-state index contributed by atoms with van der Waals surface area (Å²) >= 11 is 0. The minimum Gasteiger partial charge on any atom is -0.368 e. The standard InChI is InChI=1S/C21H15F3N4O2S/c1-11-2-4-14(9-16(11)23)31(29,30)28-18-7-5-15(22)19(20(18)24)12-3-6-17-13(8-12)10-26-21(25)27-17/h2-10,28H,1H3,(H2,25,26,27). The zero-order valence-corrected chi connectivity index (χ0v) is 16.8. The number of nitrogens with zero attached hydrogens (tertiary/aromatic N) is 2. The van der Waals surface area contributed by atoms with E-state index < -0.39 is 38.7 Å². The number of rotatable bonds is 4. The first kappa shape index (κ1) is 20.6. The van der Waals surface area contributed by atoms with Crippen LogP contribution in [-0.2, 0) is 10.0 Å². The third-order valence-electron chi connectivity index (χ3n) is 4.68. The van der Waals surface area contributed by atoms with Crippen LogP contribution in [0.2, 0.25) is 0 Å². The predicted octanol–water partition coefficient (Wildman–Crippen LogP) is 4.41. The molecule has 0 unspecified atom stereocenters. The second kappa shape index (κ2) is 7.55. The van der Waals surface area contributed by atoms with Crippen molar-refractivity contribution in [1.82, 2.24) is 9.97 Å². The Labute approximate surface area is 175 Å². The number of fused-ring (bicyclic) bond motifs is 1. The number of sulfonamides is 1. The van der Waals surface area contributed by atoms with Gasteiger partial charge in [0.25, 0.3) is 10.0 Å². The van der Waals surface area contributed by atoms with Crippen molar-refractivity contribution >= 4 is 32.6 Å². The molecule has 0 fully saturated rings. The molecule has 4 aromatic rings. The summed E-state index contributed by atoms with van der Waals surface area (Å²) in [5, 5.41) is 0.492. The number of halogens is 3. The smallest absolute Gasteiger partial charge is 0.262 e. The molecule has 0 aliphatic heterocycles. The number of aromatic nitrogens is 2. The molecule has 0 bridgehead atoms. The van der Waals surface area contributed by atoms with Crippen molar-refractivity contribution in [3.63, 3.8) is 0 Å². The van der Waals surface area contributed by atoms with Crippen LogP contribution < -0.4 is 10.5 Å². The zero-order chi connectivity index (χ0) is 22.3. The van der Waals surface area contributed by atoms with Gasteiger partial charge in [0.15, 0.2) is 5.82 Å². The van der Waals surface area contributed by atoms with Gasteiger partial charge in [-0.25, -0.2) is 31.6 Å². The molecule has 4 rings (SSSR count). The molecule has 3 N–H and O–H groups in total. The number of aryl methyl sites for hydroxylation is 1. The maximum Gasteiger partial charge on any atom is 0.262 e. The van der Waals surface area contributed by atoms with Gasteiger partial charge >= 0.3 is 0 Å². The van der Waals surface area contributed by atoms with E-state index in [4.69, 9.17) is 5.73 Å². The monoisotopic (exact) mass is 444 g/mol. The van der Waals surface area contributed by atoms with Crippen molar-refractivity contribution < 1.29 is 21.6 Å². The van der Waals surface area contributed by atoms with Gasteiger partial charge in [-0.1, -0.05) is 12.1 Å². The Morgan fingerprint density at radius 3 is 2.48 bits per heavy atom. The van der Waals surface area contributed by atoms with Crippen molar-refractivity contribution in [2.45, 2.75) is 11.8 Å². The first-order valence-corrected chi connectivity index (χ1v) is 10.4. The molecule has 0 saturated heterocycles. The van der Waals surface area contributed by atoms with Crippen LogP contribution in [0.5, 0.6) is 0 Å².